The lowest BCUT2D eigenvalue weighted by atomic mass is 10.2. The number of anilines is 1. The van der Waals surface area contributed by atoms with Gasteiger partial charge in [0.15, 0.2) is 0 Å². The predicted molar refractivity (Wildman–Crippen MR) is 104 cm³/mol. The molecule has 2 N–H and O–H groups in total. The number of carbonyl (C=O) groups excluding carboxylic acids is 2. The van der Waals surface area contributed by atoms with Crippen molar-refractivity contribution in [2.75, 3.05) is 18.5 Å². The normalized spacial score (nSPS) is 16.3. The quantitative estimate of drug-likeness (QED) is 0.700. The van der Waals surface area contributed by atoms with E-state index in [1.165, 1.54) is 11.3 Å². The molecule has 27 heavy (non-hydrogen) atoms. The van der Waals surface area contributed by atoms with Crippen LogP contribution in [0.1, 0.15) is 40.5 Å². The van der Waals surface area contributed by atoms with Crippen LogP contribution in [0.2, 0.25) is 5.02 Å². The highest BCUT2D eigenvalue weighted by Gasteiger charge is 2.16. The molecule has 2 heterocycles. The van der Waals surface area contributed by atoms with Crippen molar-refractivity contribution in [3.63, 3.8) is 0 Å². The number of carbonyl (C=O) groups is 2. The van der Waals surface area contributed by atoms with Gasteiger partial charge in [0.05, 0.1) is 6.10 Å². The minimum atomic E-state index is -0.324. The number of halogens is 1. The van der Waals surface area contributed by atoms with Crippen molar-refractivity contribution in [3.8, 4) is 0 Å². The predicted octanol–water partition coefficient (Wildman–Crippen LogP) is 3.06. The SMILES string of the molecule is O=C(CCCc1nnc(C(=O)Nc2cccc(Cl)c2)s1)NC[C@H]1CCCO1. The molecule has 144 valence electrons. The number of aromatic nitrogens is 2. The molecular weight excluding hydrogens is 388 g/mol. The molecule has 9 heteroatoms. The summed E-state index contributed by atoms with van der Waals surface area (Å²) >= 11 is 7.14. The summed E-state index contributed by atoms with van der Waals surface area (Å²) in [6, 6.07) is 6.90. The first-order valence-electron chi connectivity index (χ1n) is 8.88. The molecule has 1 aliphatic rings. The number of hydrogen-bond acceptors (Lipinski definition) is 6. The number of hydrogen-bond donors (Lipinski definition) is 2. The molecule has 1 aromatic heterocycles. The second kappa shape index (κ2) is 9.77. The zero-order chi connectivity index (χ0) is 19.1. The van der Waals surface area contributed by atoms with E-state index in [0.717, 1.165) is 24.5 Å². The van der Waals surface area contributed by atoms with Crippen LogP contribution in [0, 0.1) is 0 Å². The number of ether oxygens (including phenoxy) is 1. The van der Waals surface area contributed by atoms with Crippen LogP contribution in [-0.4, -0.2) is 41.3 Å². The number of nitrogens with zero attached hydrogens (tertiary/aromatic N) is 2. The van der Waals surface area contributed by atoms with Crippen molar-refractivity contribution >= 4 is 40.4 Å². The average Bonchev–Trinajstić information content (AvgIpc) is 3.32. The molecule has 7 nitrogen and oxygen atoms in total. The molecule has 0 unspecified atom stereocenters. The van der Waals surface area contributed by atoms with Gasteiger partial charge in [-0.05, 0) is 37.5 Å². The molecule has 0 radical (unpaired) electrons. The fraction of sp³-hybridized carbons (Fsp3) is 0.444. The van der Waals surface area contributed by atoms with E-state index in [2.05, 4.69) is 20.8 Å². The smallest absolute Gasteiger partial charge is 0.286 e. The molecule has 1 saturated heterocycles. The summed E-state index contributed by atoms with van der Waals surface area (Å²) in [5.74, 6) is -0.315. The molecule has 1 aliphatic heterocycles. The average molecular weight is 409 g/mol. The summed E-state index contributed by atoms with van der Waals surface area (Å²) in [4.78, 5) is 24.1. The minimum Gasteiger partial charge on any atom is -0.376 e. The van der Waals surface area contributed by atoms with Crippen LogP contribution in [0.15, 0.2) is 24.3 Å². The number of aryl methyl sites for hydroxylation is 1. The molecule has 2 amide bonds. The molecule has 3 rings (SSSR count). The second-order valence-corrected chi connectivity index (χ2v) is 7.76. The highest BCUT2D eigenvalue weighted by molar-refractivity contribution is 7.13. The van der Waals surface area contributed by atoms with Crippen molar-refractivity contribution < 1.29 is 14.3 Å². The van der Waals surface area contributed by atoms with Gasteiger partial charge in [-0.3, -0.25) is 9.59 Å². The monoisotopic (exact) mass is 408 g/mol. The molecule has 1 fully saturated rings. The molecule has 1 aromatic carbocycles. The van der Waals surface area contributed by atoms with Gasteiger partial charge in [0.2, 0.25) is 10.9 Å². The Morgan fingerprint density at radius 1 is 1.33 bits per heavy atom. The molecule has 0 bridgehead atoms. The maximum absolute atomic E-state index is 12.2. The first-order valence-corrected chi connectivity index (χ1v) is 10.1. The van der Waals surface area contributed by atoms with E-state index in [0.29, 0.717) is 36.5 Å². The topological polar surface area (TPSA) is 93.2 Å². The number of nitrogens with one attached hydrogen (secondary N) is 2. The van der Waals surface area contributed by atoms with E-state index in [9.17, 15) is 9.59 Å². The highest BCUT2D eigenvalue weighted by atomic mass is 35.5. The summed E-state index contributed by atoms with van der Waals surface area (Å²) < 4.78 is 5.47. The zero-order valence-electron chi connectivity index (χ0n) is 14.7. The number of benzene rings is 1. The van der Waals surface area contributed by atoms with E-state index in [1.807, 2.05) is 0 Å². The lowest BCUT2D eigenvalue weighted by molar-refractivity contribution is -0.121. The Morgan fingerprint density at radius 3 is 3.00 bits per heavy atom. The lowest BCUT2D eigenvalue weighted by Gasteiger charge is -2.10. The molecule has 2 aromatic rings. The third kappa shape index (κ3) is 6.27. The first-order chi connectivity index (χ1) is 13.1. The Balaban J connectivity index is 1.39. The Bertz CT molecular complexity index is 792. The number of rotatable bonds is 8. The fourth-order valence-electron chi connectivity index (χ4n) is 2.72. The highest BCUT2D eigenvalue weighted by Crippen LogP contribution is 2.18. The Hall–Kier alpha value is -2.03. The van der Waals surface area contributed by atoms with Gasteiger partial charge in [-0.15, -0.1) is 10.2 Å². The van der Waals surface area contributed by atoms with Gasteiger partial charge in [-0.1, -0.05) is 29.0 Å². The van der Waals surface area contributed by atoms with Crippen LogP contribution in [0.3, 0.4) is 0 Å². The van der Waals surface area contributed by atoms with Crippen molar-refractivity contribution in [2.45, 2.75) is 38.2 Å². The number of amides is 2. The standard InChI is InChI=1S/C18H21ClN4O3S/c19-12-4-1-5-13(10-12)21-17(25)18-23-22-16(27-18)8-2-7-15(24)20-11-14-6-3-9-26-14/h1,4-5,10,14H,2-3,6-9,11H2,(H,20,24)(H,21,25)/t14-/m1/s1. The van der Waals surface area contributed by atoms with Crippen LogP contribution < -0.4 is 10.6 Å². The molecule has 1 atom stereocenters. The molecule has 0 aliphatic carbocycles. The summed E-state index contributed by atoms with van der Waals surface area (Å²) in [5, 5.41) is 15.2. The maximum atomic E-state index is 12.2. The van der Waals surface area contributed by atoms with E-state index >= 15 is 0 Å². The third-order valence-corrected chi connectivity index (χ3v) is 5.31. The van der Waals surface area contributed by atoms with Gasteiger partial charge in [0, 0.05) is 36.7 Å². The summed E-state index contributed by atoms with van der Waals surface area (Å²) in [5.41, 5.74) is 0.604. The van der Waals surface area contributed by atoms with Gasteiger partial charge in [-0.25, -0.2) is 0 Å². The largest absolute Gasteiger partial charge is 0.376 e. The Morgan fingerprint density at radius 2 is 2.22 bits per heavy atom. The van der Waals surface area contributed by atoms with Crippen LogP contribution >= 0.6 is 22.9 Å². The van der Waals surface area contributed by atoms with Crippen molar-refractivity contribution in [1.29, 1.82) is 0 Å². The van der Waals surface area contributed by atoms with Gasteiger partial charge >= 0.3 is 0 Å². The molecular formula is C18H21ClN4O3S. The van der Waals surface area contributed by atoms with E-state index in [-0.39, 0.29) is 22.9 Å². The van der Waals surface area contributed by atoms with E-state index < -0.39 is 0 Å². The van der Waals surface area contributed by atoms with Crippen LogP contribution in [0.5, 0.6) is 0 Å². The summed E-state index contributed by atoms with van der Waals surface area (Å²) in [6.45, 7) is 1.36. The van der Waals surface area contributed by atoms with Gasteiger partial charge in [-0.2, -0.15) is 0 Å². The Kier molecular flexibility index (Phi) is 7.14. The van der Waals surface area contributed by atoms with Crippen molar-refractivity contribution in [1.82, 2.24) is 15.5 Å². The molecule has 0 saturated carbocycles. The zero-order valence-corrected chi connectivity index (χ0v) is 16.3. The van der Waals surface area contributed by atoms with Crippen molar-refractivity contribution in [3.05, 3.63) is 39.3 Å². The van der Waals surface area contributed by atoms with Gasteiger partial charge < -0.3 is 15.4 Å². The molecule has 0 spiro atoms. The second-order valence-electron chi connectivity index (χ2n) is 6.26. The van der Waals surface area contributed by atoms with E-state index in [4.69, 9.17) is 16.3 Å². The fourth-order valence-corrected chi connectivity index (χ4v) is 3.69. The summed E-state index contributed by atoms with van der Waals surface area (Å²) in [7, 11) is 0. The van der Waals surface area contributed by atoms with Crippen LogP contribution in [0.4, 0.5) is 5.69 Å². The van der Waals surface area contributed by atoms with E-state index in [1.54, 1.807) is 24.3 Å². The lowest BCUT2D eigenvalue weighted by Crippen LogP contribution is -2.31. The third-order valence-electron chi connectivity index (χ3n) is 4.09. The minimum absolute atomic E-state index is 0.00828. The van der Waals surface area contributed by atoms with Crippen LogP contribution in [-0.2, 0) is 16.0 Å². The maximum Gasteiger partial charge on any atom is 0.286 e. The first kappa shape index (κ1) is 19.7. The Labute approximate surface area is 166 Å². The van der Waals surface area contributed by atoms with Gasteiger partial charge in [0.25, 0.3) is 5.91 Å². The van der Waals surface area contributed by atoms with Crippen LogP contribution in [0.25, 0.3) is 0 Å². The van der Waals surface area contributed by atoms with Crippen molar-refractivity contribution in [2.24, 2.45) is 0 Å². The van der Waals surface area contributed by atoms with Gasteiger partial charge in [0.1, 0.15) is 5.01 Å². The summed E-state index contributed by atoms with van der Waals surface area (Å²) in [6.07, 6.45) is 3.89.